The molecule has 0 unspecified atom stereocenters. The first kappa shape index (κ1) is 28.9. The van der Waals surface area contributed by atoms with E-state index < -0.39 is 23.9 Å². The van der Waals surface area contributed by atoms with Crippen LogP contribution >= 0.6 is 0 Å². The number of anilines is 1. The Morgan fingerprint density at radius 1 is 1.16 bits per heavy atom. The number of rotatable bonds is 7. The van der Waals surface area contributed by atoms with Crippen molar-refractivity contribution >= 4 is 22.6 Å². The van der Waals surface area contributed by atoms with Crippen molar-refractivity contribution in [2.24, 2.45) is 0 Å². The number of fused-ring (bicyclic) bond motifs is 2. The molecular weight excluding hydrogens is 552 g/mol. The molecule has 1 amide bonds. The fraction of sp³-hybridized carbons (Fsp3) is 0.469. The van der Waals surface area contributed by atoms with Gasteiger partial charge in [-0.2, -0.15) is 15.2 Å². The summed E-state index contributed by atoms with van der Waals surface area (Å²) < 4.78 is 33.9. The highest BCUT2D eigenvalue weighted by Gasteiger charge is 2.34. The molecule has 1 aromatic carbocycles. The van der Waals surface area contributed by atoms with E-state index in [9.17, 15) is 18.8 Å². The number of hydrogen-bond acceptors (Lipinski definition) is 8. The van der Waals surface area contributed by atoms with Gasteiger partial charge in [-0.1, -0.05) is 12.6 Å². The molecule has 0 bridgehead atoms. The first-order valence-corrected chi connectivity index (χ1v) is 14.8. The highest BCUT2D eigenvalue weighted by Crippen LogP contribution is 2.35. The number of benzene rings is 1. The molecule has 0 spiro atoms. The molecule has 2 aliphatic heterocycles. The Morgan fingerprint density at radius 2 is 2.00 bits per heavy atom. The van der Waals surface area contributed by atoms with Crippen molar-refractivity contribution in [2.75, 3.05) is 44.7 Å². The lowest BCUT2D eigenvalue weighted by molar-refractivity contribution is -0.131. The van der Waals surface area contributed by atoms with Gasteiger partial charge >= 0.3 is 6.01 Å². The van der Waals surface area contributed by atoms with E-state index in [1.165, 1.54) is 16.0 Å². The van der Waals surface area contributed by atoms with Gasteiger partial charge in [0.2, 0.25) is 0 Å². The Labute approximate surface area is 249 Å². The molecule has 2 saturated heterocycles. The first-order valence-electron chi connectivity index (χ1n) is 14.8. The second kappa shape index (κ2) is 12.2. The Bertz CT molecular complexity index is 1590. The number of nitrogens with zero attached hydrogens (tertiary/aromatic N) is 7. The van der Waals surface area contributed by atoms with Gasteiger partial charge in [0, 0.05) is 55.6 Å². The fourth-order valence-electron chi connectivity index (χ4n) is 6.60. The topological polar surface area (TPSA) is 98.5 Å². The van der Waals surface area contributed by atoms with E-state index in [1.807, 2.05) is 41.4 Å². The molecule has 11 heteroatoms. The van der Waals surface area contributed by atoms with Gasteiger partial charge in [-0.25, -0.2) is 8.78 Å². The zero-order chi connectivity index (χ0) is 30.1. The molecule has 6 rings (SSSR count). The van der Waals surface area contributed by atoms with Crippen LogP contribution in [0.2, 0.25) is 0 Å². The number of likely N-dealkylation sites (N-methyl/N-ethyl adjacent to an activating group) is 1. The molecular formula is C32H35F2N7O2. The third-order valence-corrected chi connectivity index (χ3v) is 8.88. The second-order valence-electron chi connectivity index (χ2n) is 11.7. The standard InChI is InChI=1S/C32H35F2N7O2/c1-20(33)31(42)41-12-11-40(18-24(41)9-10-35)30-27-8-7-21(28-16-36-15-22-5-3-4-6-26(22)28)13-29(27)37-32(38-30)43-19-25-14-23(34)17-39(25)2/h7-8,13,15-16,23-25H,1,3-6,9,11-12,14,17-19H2,2H3/t23-,24+,25+/m1/s1. The van der Waals surface area contributed by atoms with Crippen LogP contribution in [0.15, 0.2) is 43.0 Å². The number of pyridine rings is 1. The van der Waals surface area contributed by atoms with Gasteiger partial charge in [0.05, 0.1) is 24.0 Å². The van der Waals surface area contributed by atoms with Crippen molar-refractivity contribution in [3.8, 4) is 23.2 Å². The molecule has 0 radical (unpaired) electrons. The minimum absolute atomic E-state index is 0.0383. The fourth-order valence-corrected chi connectivity index (χ4v) is 6.60. The summed E-state index contributed by atoms with van der Waals surface area (Å²) in [5, 5.41) is 10.3. The monoisotopic (exact) mass is 587 g/mol. The van der Waals surface area contributed by atoms with Crippen LogP contribution in [0.5, 0.6) is 6.01 Å². The molecule has 1 aliphatic carbocycles. The lowest BCUT2D eigenvalue weighted by atomic mass is 9.87. The maximum Gasteiger partial charge on any atom is 0.319 e. The quantitative estimate of drug-likeness (QED) is 0.375. The highest BCUT2D eigenvalue weighted by molar-refractivity contribution is 5.94. The summed E-state index contributed by atoms with van der Waals surface area (Å²) in [4.78, 5) is 31.9. The Morgan fingerprint density at radius 3 is 2.77 bits per heavy atom. The van der Waals surface area contributed by atoms with Gasteiger partial charge in [-0.15, -0.1) is 0 Å². The minimum Gasteiger partial charge on any atom is -0.462 e. The van der Waals surface area contributed by atoms with Crippen molar-refractivity contribution in [2.45, 2.75) is 56.8 Å². The highest BCUT2D eigenvalue weighted by atomic mass is 19.1. The summed E-state index contributed by atoms with van der Waals surface area (Å²) in [6.07, 6.45) is 7.75. The molecule has 0 N–H and O–H groups in total. The van der Waals surface area contributed by atoms with E-state index in [0.29, 0.717) is 30.8 Å². The van der Waals surface area contributed by atoms with E-state index in [4.69, 9.17) is 14.7 Å². The number of halogens is 2. The van der Waals surface area contributed by atoms with Crippen LogP contribution in [0.1, 0.15) is 36.8 Å². The van der Waals surface area contributed by atoms with Crippen LogP contribution in [0.4, 0.5) is 14.6 Å². The van der Waals surface area contributed by atoms with Crippen molar-refractivity contribution < 1.29 is 18.3 Å². The molecule has 3 atom stereocenters. The number of piperazine rings is 1. The van der Waals surface area contributed by atoms with E-state index in [0.717, 1.165) is 42.2 Å². The first-order chi connectivity index (χ1) is 20.8. The van der Waals surface area contributed by atoms with Crippen LogP contribution in [0, 0.1) is 11.3 Å². The van der Waals surface area contributed by atoms with E-state index in [-0.39, 0.29) is 38.2 Å². The number of likely N-dealkylation sites (tertiary alicyclic amines) is 1. The number of hydrogen-bond donors (Lipinski definition) is 0. The number of alkyl halides is 1. The van der Waals surface area contributed by atoms with Gasteiger partial charge in [-0.05, 0) is 68.0 Å². The lowest BCUT2D eigenvalue weighted by Gasteiger charge is -2.41. The zero-order valence-electron chi connectivity index (χ0n) is 24.3. The molecule has 2 fully saturated rings. The summed E-state index contributed by atoms with van der Waals surface area (Å²) in [5.41, 5.74) is 5.39. The summed E-state index contributed by atoms with van der Waals surface area (Å²) in [6, 6.07) is 7.74. The third-order valence-electron chi connectivity index (χ3n) is 8.88. The lowest BCUT2D eigenvalue weighted by Crippen LogP contribution is -2.55. The van der Waals surface area contributed by atoms with Gasteiger partial charge in [-0.3, -0.25) is 14.7 Å². The van der Waals surface area contributed by atoms with Crippen molar-refractivity contribution in [1.82, 2.24) is 24.8 Å². The number of carbonyl (C=O) groups is 1. The minimum atomic E-state index is -1.04. The Balaban J connectivity index is 1.38. The predicted octanol–water partition coefficient (Wildman–Crippen LogP) is 4.41. The van der Waals surface area contributed by atoms with Crippen molar-refractivity contribution in [3.05, 3.63) is 54.1 Å². The maximum atomic E-state index is 14.0. The summed E-state index contributed by atoms with van der Waals surface area (Å²) >= 11 is 0. The van der Waals surface area contributed by atoms with E-state index >= 15 is 0 Å². The van der Waals surface area contributed by atoms with Gasteiger partial charge < -0.3 is 14.5 Å². The molecule has 4 heterocycles. The molecule has 2 aromatic heterocycles. The van der Waals surface area contributed by atoms with Crippen LogP contribution < -0.4 is 9.64 Å². The SMILES string of the molecule is C=C(F)C(=O)N1CCN(c2nc(OC[C@@H]3C[C@@H](F)CN3C)nc3cc(-c4cncc5c4CCCC5)ccc23)C[C@@H]1CC#N. The average Bonchev–Trinajstić information content (AvgIpc) is 3.34. The number of carbonyl (C=O) groups excluding carboxylic acids is 1. The number of ether oxygens (including phenoxy) is 1. The van der Waals surface area contributed by atoms with Crippen LogP contribution in [-0.4, -0.2) is 88.7 Å². The Hall–Kier alpha value is -4.17. The number of nitriles is 1. The number of amides is 1. The number of aryl methyl sites for hydroxylation is 1. The summed E-state index contributed by atoms with van der Waals surface area (Å²) in [5.74, 6) is -1.23. The smallest absolute Gasteiger partial charge is 0.319 e. The molecule has 0 saturated carbocycles. The van der Waals surface area contributed by atoms with Crippen LogP contribution in [0.25, 0.3) is 22.0 Å². The number of aromatic nitrogens is 3. The van der Waals surface area contributed by atoms with Crippen LogP contribution in [-0.2, 0) is 17.6 Å². The average molecular weight is 588 g/mol. The predicted molar refractivity (Wildman–Crippen MR) is 159 cm³/mol. The third kappa shape index (κ3) is 5.89. The van der Waals surface area contributed by atoms with E-state index in [1.54, 1.807) is 0 Å². The molecule has 9 nitrogen and oxygen atoms in total. The zero-order valence-corrected chi connectivity index (χ0v) is 24.3. The van der Waals surface area contributed by atoms with Crippen molar-refractivity contribution in [1.29, 1.82) is 5.26 Å². The van der Waals surface area contributed by atoms with Crippen molar-refractivity contribution in [3.63, 3.8) is 0 Å². The largest absolute Gasteiger partial charge is 0.462 e. The van der Waals surface area contributed by atoms with Gasteiger partial charge in [0.15, 0.2) is 5.83 Å². The summed E-state index contributed by atoms with van der Waals surface area (Å²) in [7, 11) is 1.88. The Kier molecular flexibility index (Phi) is 8.21. The van der Waals surface area contributed by atoms with Crippen LogP contribution in [0.3, 0.4) is 0 Å². The summed E-state index contributed by atoms with van der Waals surface area (Å²) in [6.45, 7) is 4.63. The second-order valence-corrected chi connectivity index (χ2v) is 11.7. The van der Waals surface area contributed by atoms with E-state index in [2.05, 4.69) is 23.7 Å². The van der Waals surface area contributed by atoms with Gasteiger partial charge in [0.25, 0.3) is 5.91 Å². The normalized spacial score (nSPS) is 22.3. The van der Waals surface area contributed by atoms with Gasteiger partial charge in [0.1, 0.15) is 18.6 Å². The maximum absolute atomic E-state index is 14.0. The molecule has 224 valence electrons. The molecule has 3 aliphatic rings. The molecule has 3 aromatic rings. The molecule has 43 heavy (non-hydrogen) atoms.